The lowest BCUT2D eigenvalue weighted by molar-refractivity contribution is -0.137. The minimum Gasteiger partial charge on any atom is -0.464 e. The molecule has 150 valence electrons. The van der Waals surface area contributed by atoms with Crippen molar-refractivity contribution in [3.05, 3.63) is 84.3 Å². The van der Waals surface area contributed by atoms with Crippen LogP contribution >= 0.6 is 0 Å². The standard InChI is InChI=1S/C23H19N3O4/c1-13(23(29)30-3)25-21(27)14(2)26-12-19-17(5-4-6-18(19)22(26)28)15-7-8-20-16(11-15)9-10-24-20/h4-11,24H,1-2,12H2,3H3,(H,25,27). The van der Waals surface area contributed by atoms with Gasteiger partial charge in [0, 0.05) is 17.3 Å². The highest BCUT2D eigenvalue weighted by Crippen LogP contribution is 2.35. The van der Waals surface area contributed by atoms with Crippen LogP contribution in [0.3, 0.4) is 0 Å². The summed E-state index contributed by atoms with van der Waals surface area (Å²) in [5, 5.41) is 3.38. The third-order valence-corrected chi connectivity index (χ3v) is 5.12. The number of methoxy groups -OCH3 is 1. The molecule has 4 rings (SSSR count). The second kappa shape index (κ2) is 7.36. The van der Waals surface area contributed by atoms with E-state index in [1.54, 1.807) is 6.07 Å². The molecular formula is C23H19N3O4. The minimum atomic E-state index is -0.769. The highest BCUT2D eigenvalue weighted by molar-refractivity contribution is 6.08. The first-order valence-electron chi connectivity index (χ1n) is 9.19. The summed E-state index contributed by atoms with van der Waals surface area (Å²) in [6, 6.07) is 13.5. The zero-order valence-corrected chi connectivity index (χ0v) is 16.3. The first-order chi connectivity index (χ1) is 14.4. The SMILES string of the molecule is C=C(NC(=O)C(=C)N1Cc2c(cccc2-c2ccc3[nH]ccc3c2)C1=O)C(=O)OC. The smallest absolute Gasteiger partial charge is 0.353 e. The van der Waals surface area contributed by atoms with Crippen LogP contribution in [0.15, 0.2) is 73.2 Å². The molecule has 1 aliphatic heterocycles. The van der Waals surface area contributed by atoms with E-state index in [4.69, 9.17) is 0 Å². The van der Waals surface area contributed by atoms with Crippen LogP contribution in [0.1, 0.15) is 15.9 Å². The largest absolute Gasteiger partial charge is 0.464 e. The Morgan fingerprint density at radius 3 is 2.67 bits per heavy atom. The fourth-order valence-corrected chi connectivity index (χ4v) is 3.55. The zero-order chi connectivity index (χ0) is 21.4. The lowest BCUT2D eigenvalue weighted by Gasteiger charge is -2.18. The quantitative estimate of drug-likeness (QED) is 0.508. The van der Waals surface area contributed by atoms with Gasteiger partial charge in [-0.15, -0.1) is 0 Å². The number of esters is 1. The van der Waals surface area contributed by atoms with Crippen molar-refractivity contribution in [2.75, 3.05) is 7.11 Å². The number of amides is 2. The molecule has 0 unspecified atom stereocenters. The van der Waals surface area contributed by atoms with Crippen molar-refractivity contribution >= 4 is 28.7 Å². The molecule has 0 bridgehead atoms. The number of nitrogens with one attached hydrogen (secondary N) is 2. The number of aromatic nitrogens is 1. The van der Waals surface area contributed by atoms with Gasteiger partial charge in [0.15, 0.2) is 0 Å². The highest BCUT2D eigenvalue weighted by atomic mass is 16.5. The number of benzene rings is 2. The first kappa shape index (κ1) is 19.2. The molecule has 2 aromatic carbocycles. The number of H-pyrrole nitrogens is 1. The lowest BCUT2D eigenvalue weighted by atomic mass is 9.96. The molecule has 30 heavy (non-hydrogen) atoms. The van der Waals surface area contributed by atoms with E-state index in [9.17, 15) is 14.4 Å². The third-order valence-electron chi connectivity index (χ3n) is 5.12. The number of carbonyl (C=O) groups is 3. The van der Waals surface area contributed by atoms with Gasteiger partial charge in [-0.05, 0) is 46.3 Å². The van der Waals surface area contributed by atoms with Crippen molar-refractivity contribution in [1.82, 2.24) is 15.2 Å². The second-order valence-corrected chi connectivity index (χ2v) is 6.87. The molecule has 1 aliphatic rings. The average Bonchev–Trinajstić information content (AvgIpc) is 3.36. The molecule has 2 N–H and O–H groups in total. The molecule has 0 fully saturated rings. The van der Waals surface area contributed by atoms with Gasteiger partial charge < -0.3 is 15.0 Å². The summed E-state index contributed by atoms with van der Waals surface area (Å²) in [6.45, 7) is 7.39. The Morgan fingerprint density at radius 2 is 1.90 bits per heavy atom. The summed E-state index contributed by atoms with van der Waals surface area (Å²) in [6.07, 6.45) is 1.87. The minimum absolute atomic E-state index is 0.0757. The molecule has 2 heterocycles. The van der Waals surface area contributed by atoms with Crippen molar-refractivity contribution in [3.8, 4) is 11.1 Å². The molecule has 0 radical (unpaired) electrons. The lowest BCUT2D eigenvalue weighted by Crippen LogP contribution is -2.36. The predicted octanol–water partition coefficient (Wildman–Crippen LogP) is 3.11. The third kappa shape index (κ3) is 3.16. The van der Waals surface area contributed by atoms with Crippen LogP contribution in [0.4, 0.5) is 0 Å². The molecule has 3 aromatic rings. The normalized spacial score (nSPS) is 12.6. The number of hydrogen-bond donors (Lipinski definition) is 2. The Labute approximate surface area is 172 Å². The van der Waals surface area contributed by atoms with E-state index in [1.807, 2.05) is 36.5 Å². The van der Waals surface area contributed by atoms with E-state index in [-0.39, 0.29) is 23.8 Å². The van der Waals surface area contributed by atoms with E-state index < -0.39 is 11.9 Å². The van der Waals surface area contributed by atoms with Crippen LogP contribution in [0, 0.1) is 0 Å². The van der Waals surface area contributed by atoms with Gasteiger partial charge in [-0.3, -0.25) is 14.5 Å². The molecule has 7 nitrogen and oxygen atoms in total. The van der Waals surface area contributed by atoms with Gasteiger partial charge in [0.1, 0.15) is 11.4 Å². The van der Waals surface area contributed by atoms with Crippen LogP contribution in [0.25, 0.3) is 22.0 Å². The van der Waals surface area contributed by atoms with Crippen molar-refractivity contribution in [3.63, 3.8) is 0 Å². The number of nitrogens with zero attached hydrogens (tertiary/aromatic N) is 1. The summed E-state index contributed by atoms with van der Waals surface area (Å²) in [5.74, 6) is -1.78. The molecule has 0 atom stereocenters. The second-order valence-electron chi connectivity index (χ2n) is 6.87. The number of rotatable bonds is 5. The fourth-order valence-electron chi connectivity index (χ4n) is 3.55. The Kier molecular flexibility index (Phi) is 4.71. The average molecular weight is 401 g/mol. The van der Waals surface area contributed by atoms with Crippen molar-refractivity contribution in [2.24, 2.45) is 0 Å². The molecule has 1 aromatic heterocycles. The maximum Gasteiger partial charge on any atom is 0.353 e. The van der Waals surface area contributed by atoms with Gasteiger partial charge in [0.2, 0.25) is 0 Å². The Bertz CT molecular complexity index is 1240. The van der Waals surface area contributed by atoms with E-state index in [2.05, 4.69) is 34.3 Å². The molecule has 0 saturated carbocycles. The molecule has 7 heteroatoms. The van der Waals surface area contributed by atoms with Gasteiger partial charge in [-0.2, -0.15) is 0 Å². The van der Waals surface area contributed by atoms with Crippen LogP contribution < -0.4 is 5.32 Å². The summed E-state index contributed by atoms with van der Waals surface area (Å²) in [5.41, 5.74) is 3.95. The first-order valence-corrected chi connectivity index (χ1v) is 9.19. The topological polar surface area (TPSA) is 91.5 Å². The van der Waals surface area contributed by atoms with Crippen molar-refractivity contribution in [1.29, 1.82) is 0 Å². The van der Waals surface area contributed by atoms with Gasteiger partial charge >= 0.3 is 5.97 Å². The van der Waals surface area contributed by atoms with Gasteiger partial charge in [0.25, 0.3) is 11.8 Å². The fraction of sp³-hybridized carbons (Fsp3) is 0.0870. The molecule has 0 spiro atoms. The number of hydrogen-bond acceptors (Lipinski definition) is 4. The summed E-state index contributed by atoms with van der Waals surface area (Å²) >= 11 is 0. The van der Waals surface area contributed by atoms with Crippen molar-refractivity contribution in [2.45, 2.75) is 6.54 Å². The van der Waals surface area contributed by atoms with Gasteiger partial charge in [-0.1, -0.05) is 31.4 Å². The highest BCUT2D eigenvalue weighted by Gasteiger charge is 2.33. The maximum atomic E-state index is 12.9. The predicted molar refractivity (Wildman–Crippen MR) is 112 cm³/mol. The molecule has 0 saturated heterocycles. The van der Waals surface area contributed by atoms with E-state index in [0.717, 1.165) is 27.6 Å². The van der Waals surface area contributed by atoms with Crippen LogP contribution in [0.5, 0.6) is 0 Å². The van der Waals surface area contributed by atoms with Crippen LogP contribution in [-0.2, 0) is 20.9 Å². The zero-order valence-electron chi connectivity index (χ0n) is 16.3. The summed E-state index contributed by atoms with van der Waals surface area (Å²) < 4.78 is 4.51. The number of aromatic amines is 1. The Balaban J connectivity index is 1.62. The number of carbonyl (C=O) groups excluding carboxylic acids is 3. The van der Waals surface area contributed by atoms with Crippen LogP contribution in [0.2, 0.25) is 0 Å². The van der Waals surface area contributed by atoms with Gasteiger partial charge in [0.05, 0.1) is 13.7 Å². The summed E-state index contributed by atoms with van der Waals surface area (Å²) in [7, 11) is 1.18. The number of ether oxygens (including phenoxy) is 1. The maximum absolute atomic E-state index is 12.9. The van der Waals surface area contributed by atoms with E-state index in [0.29, 0.717) is 5.56 Å². The Morgan fingerprint density at radius 1 is 1.13 bits per heavy atom. The Hall–Kier alpha value is -4.13. The van der Waals surface area contributed by atoms with E-state index >= 15 is 0 Å². The summed E-state index contributed by atoms with van der Waals surface area (Å²) in [4.78, 5) is 41.3. The van der Waals surface area contributed by atoms with Gasteiger partial charge in [-0.25, -0.2) is 4.79 Å². The molecule has 2 amide bonds. The van der Waals surface area contributed by atoms with Crippen molar-refractivity contribution < 1.29 is 19.1 Å². The van der Waals surface area contributed by atoms with E-state index in [1.165, 1.54) is 12.0 Å². The number of fused-ring (bicyclic) bond motifs is 2. The molecule has 0 aliphatic carbocycles. The monoisotopic (exact) mass is 401 g/mol. The van der Waals surface area contributed by atoms with Crippen LogP contribution in [-0.4, -0.2) is 34.8 Å². The molecular weight excluding hydrogens is 382 g/mol.